The number of aliphatic hydroxyl groups excluding tert-OH is 3. The summed E-state index contributed by atoms with van der Waals surface area (Å²) in [5, 5.41) is 25.8. The van der Waals surface area contributed by atoms with Crippen molar-refractivity contribution in [3.63, 3.8) is 0 Å². The van der Waals surface area contributed by atoms with Crippen molar-refractivity contribution >= 4 is 8.32 Å². The summed E-state index contributed by atoms with van der Waals surface area (Å²) >= 11 is 0. The molecule has 27 heavy (non-hydrogen) atoms. The second kappa shape index (κ2) is 19.4. The van der Waals surface area contributed by atoms with Gasteiger partial charge in [-0.25, -0.2) is 0 Å². The van der Waals surface area contributed by atoms with Crippen LogP contribution in [0.1, 0.15) is 97.8 Å². The molecule has 0 aromatic heterocycles. The summed E-state index contributed by atoms with van der Waals surface area (Å²) in [5.74, 6) is 0. The van der Waals surface area contributed by atoms with E-state index in [0.717, 1.165) is 38.7 Å². The van der Waals surface area contributed by atoms with Gasteiger partial charge in [0.05, 0.1) is 0 Å². The average molecular weight is 407 g/mol. The smallest absolute Gasteiger partial charge is 0.191 e. The molecule has 4 nitrogen and oxygen atoms in total. The van der Waals surface area contributed by atoms with E-state index in [0.29, 0.717) is 24.9 Å². The number of hydrogen-bond acceptors (Lipinski definition) is 4. The maximum absolute atomic E-state index is 8.66. The lowest BCUT2D eigenvalue weighted by atomic mass is 10.1. The van der Waals surface area contributed by atoms with E-state index in [9.17, 15) is 0 Å². The van der Waals surface area contributed by atoms with Crippen LogP contribution in [0.2, 0.25) is 18.1 Å². The zero-order valence-electron chi connectivity index (χ0n) is 19.1. The van der Waals surface area contributed by atoms with Gasteiger partial charge < -0.3 is 19.7 Å². The first kappa shape index (κ1) is 29.3. The molecule has 0 rings (SSSR count). The maximum atomic E-state index is 8.66. The van der Waals surface area contributed by atoms with E-state index < -0.39 is 8.32 Å². The van der Waals surface area contributed by atoms with Crippen LogP contribution in [0, 0.1) is 0 Å². The summed E-state index contributed by atoms with van der Waals surface area (Å²) in [5.41, 5.74) is 0. The van der Waals surface area contributed by atoms with Gasteiger partial charge >= 0.3 is 0 Å². The van der Waals surface area contributed by atoms with E-state index in [-0.39, 0.29) is 0 Å². The molecule has 0 aliphatic rings. The fourth-order valence-electron chi connectivity index (χ4n) is 2.40. The van der Waals surface area contributed by atoms with Crippen LogP contribution in [0.4, 0.5) is 0 Å². The Morgan fingerprint density at radius 1 is 0.556 bits per heavy atom. The fourth-order valence-corrected chi connectivity index (χ4v) is 3.48. The van der Waals surface area contributed by atoms with Crippen LogP contribution in [-0.4, -0.2) is 50.1 Å². The van der Waals surface area contributed by atoms with Gasteiger partial charge in [0.15, 0.2) is 8.32 Å². The Labute approximate surface area is 170 Å². The average Bonchev–Trinajstić information content (AvgIpc) is 2.60. The molecular formula is C22H50O4Si. The second-order valence-corrected chi connectivity index (χ2v) is 13.8. The normalized spacial score (nSPS) is 12.0. The first-order chi connectivity index (χ1) is 12.7. The molecular weight excluding hydrogens is 356 g/mol. The first-order valence-electron chi connectivity index (χ1n) is 11.2. The lowest BCUT2D eigenvalue weighted by Gasteiger charge is -2.36. The van der Waals surface area contributed by atoms with Crippen molar-refractivity contribution in [2.45, 2.75) is 116 Å². The highest BCUT2D eigenvalue weighted by molar-refractivity contribution is 6.74. The molecule has 0 unspecified atom stereocenters. The number of aliphatic hydroxyl groups is 3. The van der Waals surface area contributed by atoms with Crippen molar-refractivity contribution in [1.82, 2.24) is 0 Å². The van der Waals surface area contributed by atoms with Crippen LogP contribution in [-0.2, 0) is 4.43 Å². The van der Waals surface area contributed by atoms with Gasteiger partial charge in [-0.2, -0.15) is 0 Å². The van der Waals surface area contributed by atoms with E-state index in [1.807, 2.05) is 0 Å². The molecule has 0 aliphatic carbocycles. The molecule has 0 radical (unpaired) electrons. The van der Waals surface area contributed by atoms with Gasteiger partial charge in [-0.05, 0) is 43.8 Å². The third-order valence-corrected chi connectivity index (χ3v) is 9.93. The van der Waals surface area contributed by atoms with E-state index in [1.54, 1.807) is 0 Å². The Bertz CT molecular complexity index is 283. The third-order valence-electron chi connectivity index (χ3n) is 5.39. The quantitative estimate of drug-likeness (QED) is 0.229. The lowest BCUT2D eigenvalue weighted by Crippen LogP contribution is -2.40. The Hall–Kier alpha value is 0.0569. The molecule has 0 aromatic rings. The Balaban J connectivity index is 0. The number of unbranched alkanes of at least 4 members (excludes halogenated alkanes) is 10. The van der Waals surface area contributed by atoms with Gasteiger partial charge in [0.2, 0.25) is 0 Å². The minimum Gasteiger partial charge on any atom is -0.417 e. The third kappa shape index (κ3) is 20.6. The summed E-state index contributed by atoms with van der Waals surface area (Å²) in [4.78, 5) is 0. The van der Waals surface area contributed by atoms with Gasteiger partial charge in [-0.15, -0.1) is 0 Å². The van der Waals surface area contributed by atoms with Gasteiger partial charge in [0.25, 0.3) is 0 Å². The minimum atomic E-state index is -1.52. The molecule has 0 fully saturated rings. The van der Waals surface area contributed by atoms with Gasteiger partial charge in [-0.3, -0.25) is 0 Å². The maximum Gasteiger partial charge on any atom is 0.191 e. The minimum absolute atomic E-state index is 0.319. The summed E-state index contributed by atoms with van der Waals surface area (Å²) in [6.07, 6.45) is 13.6. The SMILES string of the molecule is CC(C)(C)[Si](C)(C)OCCCCCCCCO.OCCCCCCCCO. The zero-order valence-corrected chi connectivity index (χ0v) is 20.1. The van der Waals surface area contributed by atoms with Crippen LogP contribution in [0.15, 0.2) is 0 Å². The fraction of sp³-hybridized carbons (Fsp3) is 1.00. The largest absolute Gasteiger partial charge is 0.417 e. The number of rotatable bonds is 16. The van der Waals surface area contributed by atoms with Crippen molar-refractivity contribution in [3.05, 3.63) is 0 Å². The summed E-state index contributed by atoms with van der Waals surface area (Å²) < 4.78 is 6.12. The first-order valence-corrected chi connectivity index (χ1v) is 14.1. The molecule has 0 spiro atoms. The van der Waals surface area contributed by atoms with Crippen LogP contribution < -0.4 is 0 Å². The Kier molecular flexibility index (Phi) is 21.0. The molecule has 3 N–H and O–H groups in total. The molecule has 0 saturated heterocycles. The van der Waals surface area contributed by atoms with Gasteiger partial charge in [-0.1, -0.05) is 72.1 Å². The number of hydrogen-bond donors (Lipinski definition) is 3. The van der Waals surface area contributed by atoms with E-state index in [2.05, 4.69) is 33.9 Å². The predicted octanol–water partition coefficient (Wildman–Crippen LogP) is 5.65. The molecule has 5 heteroatoms. The van der Waals surface area contributed by atoms with E-state index >= 15 is 0 Å². The zero-order chi connectivity index (χ0) is 21.0. The molecule has 0 aliphatic heterocycles. The van der Waals surface area contributed by atoms with Crippen molar-refractivity contribution in [2.75, 3.05) is 26.4 Å². The molecule has 0 amide bonds. The summed E-state index contributed by atoms with van der Waals surface area (Å²) in [6.45, 7) is 13.4. The van der Waals surface area contributed by atoms with Crippen LogP contribution in [0.3, 0.4) is 0 Å². The molecule has 0 atom stereocenters. The summed E-state index contributed by atoms with van der Waals surface area (Å²) in [6, 6.07) is 0. The second-order valence-electron chi connectivity index (χ2n) is 9.02. The Morgan fingerprint density at radius 2 is 0.852 bits per heavy atom. The van der Waals surface area contributed by atoms with Crippen molar-refractivity contribution in [1.29, 1.82) is 0 Å². The molecule has 166 valence electrons. The van der Waals surface area contributed by atoms with E-state index in [1.165, 1.54) is 44.9 Å². The van der Waals surface area contributed by atoms with Gasteiger partial charge in [0.1, 0.15) is 0 Å². The molecule has 0 bridgehead atoms. The molecule has 0 aromatic carbocycles. The highest BCUT2D eigenvalue weighted by Crippen LogP contribution is 2.36. The van der Waals surface area contributed by atoms with E-state index in [4.69, 9.17) is 19.7 Å². The van der Waals surface area contributed by atoms with Crippen LogP contribution in [0.5, 0.6) is 0 Å². The molecule has 0 saturated carbocycles. The summed E-state index contributed by atoms with van der Waals surface area (Å²) in [7, 11) is -1.52. The standard InChI is InChI=1S/C14H32O2Si.C8H18O2/c1-14(2,3)17(4,5)16-13-11-9-7-6-8-10-12-15;9-7-5-3-1-2-4-6-8-10/h15H,6-13H2,1-5H3;9-10H,1-8H2. The Morgan fingerprint density at radius 3 is 1.15 bits per heavy atom. The monoisotopic (exact) mass is 406 g/mol. The predicted molar refractivity (Wildman–Crippen MR) is 120 cm³/mol. The van der Waals surface area contributed by atoms with Crippen LogP contribution in [0.25, 0.3) is 0 Å². The van der Waals surface area contributed by atoms with Crippen molar-refractivity contribution in [2.24, 2.45) is 0 Å². The van der Waals surface area contributed by atoms with Crippen molar-refractivity contribution in [3.8, 4) is 0 Å². The van der Waals surface area contributed by atoms with Gasteiger partial charge in [0, 0.05) is 26.4 Å². The highest BCUT2D eigenvalue weighted by Gasteiger charge is 2.36. The van der Waals surface area contributed by atoms with Crippen molar-refractivity contribution < 1.29 is 19.7 Å². The molecule has 0 heterocycles. The highest BCUT2D eigenvalue weighted by atomic mass is 28.4. The van der Waals surface area contributed by atoms with Crippen LogP contribution >= 0.6 is 0 Å². The lowest BCUT2D eigenvalue weighted by molar-refractivity contribution is 0.272. The topological polar surface area (TPSA) is 69.9 Å².